The largest absolute Gasteiger partial charge is 0.460 e. The van der Waals surface area contributed by atoms with E-state index in [9.17, 15) is 24.0 Å². The molecule has 2 N–H and O–H groups in total. The Hall–Kier alpha value is -3.91. The second-order valence-corrected chi connectivity index (χ2v) is 23.6. The molecule has 0 aliphatic heterocycles. The summed E-state index contributed by atoms with van der Waals surface area (Å²) in [5.41, 5.74) is 4.52. The molecule has 0 aliphatic rings. The Balaban J connectivity index is 1.69. The molecule has 13 heteroatoms. The van der Waals surface area contributed by atoms with E-state index < -0.39 is 49.8 Å². The van der Waals surface area contributed by atoms with Crippen LogP contribution in [-0.4, -0.2) is 88.1 Å². The van der Waals surface area contributed by atoms with Crippen LogP contribution in [0.25, 0.3) is 11.1 Å². The molecule has 0 spiro atoms. The Morgan fingerprint density at radius 3 is 1.98 bits per heavy atom. The first-order valence-corrected chi connectivity index (χ1v) is 24.3. The monoisotopic (exact) mass is 855 g/mol. The van der Waals surface area contributed by atoms with Crippen LogP contribution in [0.5, 0.6) is 0 Å². The van der Waals surface area contributed by atoms with Gasteiger partial charge in [0, 0.05) is 26.0 Å². The van der Waals surface area contributed by atoms with Crippen LogP contribution in [0.2, 0.25) is 18.1 Å². The third kappa shape index (κ3) is 21.1. The van der Waals surface area contributed by atoms with Crippen molar-refractivity contribution in [1.82, 2.24) is 10.6 Å². The van der Waals surface area contributed by atoms with E-state index in [4.69, 9.17) is 23.4 Å². The summed E-state index contributed by atoms with van der Waals surface area (Å²) >= 11 is 0. The van der Waals surface area contributed by atoms with Gasteiger partial charge in [-0.05, 0) is 120 Å². The number of carbonyl (C=O) groups is 5. The number of aryl methyl sites for hydroxylation is 2. The fourth-order valence-electron chi connectivity index (χ4n) is 5.74. The minimum absolute atomic E-state index is 0.0284. The Bertz CT molecular complexity index is 1690. The van der Waals surface area contributed by atoms with Crippen LogP contribution in [0.1, 0.15) is 124 Å². The van der Waals surface area contributed by atoms with Crippen LogP contribution < -0.4 is 10.6 Å². The molecular formula is C47H74N2O10Si. The number of rotatable bonds is 25. The highest BCUT2D eigenvalue weighted by atomic mass is 28.4. The number of hydrogen-bond acceptors (Lipinski definition) is 10. The van der Waals surface area contributed by atoms with Gasteiger partial charge in [-0.1, -0.05) is 70.2 Å². The van der Waals surface area contributed by atoms with Crippen molar-refractivity contribution in [1.29, 1.82) is 0 Å². The number of hydrogen-bond donors (Lipinski definition) is 2. The van der Waals surface area contributed by atoms with Crippen molar-refractivity contribution in [2.24, 2.45) is 0 Å². The Labute approximate surface area is 360 Å². The van der Waals surface area contributed by atoms with Gasteiger partial charge in [0.2, 0.25) is 11.8 Å². The highest BCUT2D eigenvalue weighted by Crippen LogP contribution is 2.37. The number of ketones is 1. The highest BCUT2D eigenvalue weighted by molar-refractivity contribution is 6.74. The molecule has 0 aliphatic carbocycles. The molecule has 2 aromatic carbocycles. The molecule has 0 bridgehead atoms. The summed E-state index contributed by atoms with van der Waals surface area (Å²) in [7, 11) is -1.83. The molecule has 2 aromatic rings. The van der Waals surface area contributed by atoms with Crippen LogP contribution in [0.15, 0.2) is 42.5 Å². The lowest BCUT2D eigenvalue weighted by Crippen LogP contribution is -2.45. The number of Topliss-reactive ketones (excluding diaryl/α,β-unsaturated/α-hetero) is 1. The summed E-state index contributed by atoms with van der Waals surface area (Å²) in [4.78, 5) is 62.4. The maximum absolute atomic E-state index is 12.8. The van der Waals surface area contributed by atoms with Crippen molar-refractivity contribution in [3.63, 3.8) is 0 Å². The lowest BCUT2D eigenvalue weighted by Gasteiger charge is -2.36. The van der Waals surface area contributed by atoms with Gasteiger partial charge in [0.15, 0.2) is 8.32 Å². The second-order valence-electron chi connectivity index (χ2n) is 18.8. The highest BCUT2D eigenvalue weighted by Gasteiger charge is 2.37. The van der Waals surface area contributed by atoms with E-state index in [1.165, 1.54) is 27.8 Å². The molecule has 0 heterocycles. The Morgan fingerprint density at radius 2 is 1.37 bits per heavy atom. The molecule has 0 radical (unpaired) electrons. The number of amides is 2. The third-order valence-electron chi connectivity index (χ3n) is 10.0. The molecule has 2 rings (SSSR count). The zero-order chi connectivity index (χ0) is 45.1. The van der Waals surface area contributed by atoms with Crippen molar-refractivity contribution in [3.8, 4) is 11.1 Å². The van der Waals surface area contributed by atoms with Crippen LogP contribution in [0, 0.1) is 0 Å². The van der Waals surface area contributed by atoms with Gasteiger partial charge in [-0.25, -0.2) is 4.79 Å². The fraction of sp³-hybridized carbons (Fsp3) is 0.638. The van der Waals surface area contributed by atoms with Crippen LogP contribution in [0.3, 0.4) is 0 Å². The normalized spacial score (nSPS) is 12.7. The predicted molar refractivity (Wildman–Crippen MR) is 238 cm³/mol. The lowest BCUT2D eigenvalue weighted by atomic mass is 9.93. The van der Waals surface area contributed by atoms with E-state index in [2.05, 4.69) is 93.9 Å². The summed E-state index contributed by atoms with van der Waals surface area (Å²) in [6.07, 6.45) is 2.75. The second kappa shape index (κ2) is 24.5. The Kier molecular flexibility index (Phi) is 21.3. The third-order valence-corrected chi connectivity index (χ3v) is 14.5. The van der Waals surface area contributed by atoms with E-state index in [0.717, 1.165) is 19.3 Å². The summed E-state index contributed by atoms with van der Waals surface area (Å²) in [5, 5.41) is 5.63. The van der Waals surface area contributed by atoms with Crippen molar-refractivity contribution in [2.75, 3.05) is 33.0 Å². The van der Waals surface area contributed by atoms with Crippen molar-refractivity contribution in [2.45, 2.75) is 163 Å². The molecule has 1 atom stereocenters. The van der Waals surface area contributed by atoms with Gasteiger partial charge in [0.05, 0.1) is 19.8 Å². The summed E-state index contributed by atoms with van der Waals surface area (Å²) < 4.78 is 28.1. The average Bonchev–Trinajstić information content (AvgIpc) is 3.13. The first kappa shape index (κ1) is 52.2. The fourth-order valence-corrected chi connectivity index (χ4v) is 6.70. The van der Waals surface area contributed by atoms with E-state index in [0.29, 0.717) is 26.2 Å². The summed E-state index contributed by atoms with van der Waals surface area (Å²) in [6, 6.07) is 14.2. The number of esters is 2. The van der Waals surface area contributed by atoms with Crippen LogP contribution >= 0.6 is 0 Å². The molecule has 12 nitrogen and oxygen atoms in total. The zero-order valence-electron chi connectivity index (χ0n) is 38.6. The zero-order valence-corrected chi connectivity index (χ0v) is 39.6. The Morgan fingerprint density at radius 1 is 0.733 bits per heavy atom. The number of ether oxygens (including phenoxy) is 4. The first-order valence-electron chi connectivity index (χ1n) is 21.4. The topological polar surface area (TPSA) is 156 Å². The number of benzene rings is 2. The maximum atomic E-state index is 12.8. The molecule has 60 heavy (non-hydrogen) atoms. The summed E-state index contributed by atoms with van der Waals surface area (Å²) in [6.45, 7) is 25.5. The van der Waals surface area contributed by atoms with Crippen molar-refractivity contribution < 1.29 is 47.3 Å². The molecule has 0 aromatic heterocycles. The van der Waals surface area contributed by atoms with Gasteiger partial charge in [0.1, 0.15) is 36.1 Å². The quantitative estimate of drug-likeness (QED) is 0.0432. The maximum Gasteiger partial charge on any atom is 0.329 e. The molecular weight excluding hydrogens is 781 g/mol. The van der Waals surface area contributed by atoms with Gasteiger partial charge in [0.25, 0.3) is 0 Å². The molecule has 336 valence electrons. The standard InChI is InChI=1S/C47H74N2O10Si/c1-13-34-20-24-39(36-21-18-35(19-22-36)32-57-60(11,12)47(8,9)10)37(30-34)16-14-26-48-42(52)33-56-29-28-55-27-15-17-38(50)23-25-40(44(54)59-46(5,6)7)49-41(51)31-43(53)58-45(2,3)4/h18-22,24,30,40H,13-17,23,25-29,31-33H2,1-12H3,(H,48,52)(H,49,51). The molecule has 1 unspecified atom stereocenters. The van der Waals surface area contributed by atoms with E-state index in [1.807, 2.05) is 0 Å². The molecule has 0 fully saturated rings. The van der Waals surface area contributed by atoms with Gasteiger partial charge in [-0.3, -0.25) is 19.2 Å². The molecule has 2 amide bonds. The van der Waals surface area contributed by atoms with Gasteiger partial charge >= 0.3 is 11.9 Å². The smallest absolute Gasteiger partial charge is 0.329 e. The minimum atomic E-state index is -1.83. The van der Waals surface area contributed by atoms with Crippen molar-refractivity contribution >= 4 is 37.9 Å². The molecule has 0 saturated heterocycles. The number of carbonyl (C=O) groups excluding carboxylic acids is 5. The van der Waals surface area contributed by atoms with Crippen molar-refractivity contribution in [3.05, 3.63) is 59.2 Å². The first-order chi connectivity index (χ1) is 27.9. The average molecular weight is 855 g/mol. The van der Waals surface area contributed by atoms with Gasteiger partial charge < -0.3 is 34.0 Å². The van der Waals surface area contributed by atoms with Gasteiger partial charge in [-0.15, -0.1) is 0 Å². The molecule has 0 saturated carbocycles. The minimum Gasteiger partial charge on any atom is -0.460 e. The predicted octanol–water partition coefficient (Wildman–Crippen LogP) is 8.21. The van der Waals surface area contributed by atoms with E-state index in [-0.39, 0.29) is 55.8 Å². The van der Waals surface area contributed by atoms with E-state index >= 15 is 0 Å². The van der Waals surface area contributed by atoms with Gasteiger partial charge in [-0.2, -0.15) is 0 Å². The lowest BCUT2D eigenvalue weighted by molar-refractivity contribution is -0.161. The SMILES string of the molecule is CCc1ccc(-c2ccc(CO[Si](C)(C)C(C)(C)C)cc2)c(CCCNC(=O)COCCOCCCC(=O)CCC(NC(=O)CC(=O)OC(C)(C)C)C(=O)OC(C)(C)C)c1. The van der Waals surface area contributed by atoms with Crippen LogP contribution in [0.4, 0.5) is 0 Å². The van der Waals surface area contributed by atoms with Crippen LogP contribution in [-0.2, 0) is 66.8 Å². The van der Waals surface area contributed by atoms with E-state index in [1.54, 1.807) is 41.5 Å². The summed E-state index contributed by atoms with van der Waals surface area (Å²) in [5.74, 6) is -2.39. The number of nitrogens with one attached hydrogen (secondary N) is 2.